The number of allylic oxidation sites excluding steroid dienone is 2. The number of esters is 2. The molecule has 0 spiro atoms. The number of hydrogen-bond donors (Lipinski definition) is 2. The van der Waals surface area contributed by atoms with Crippen LogP contribution in [-0.4, -0.2) is 46.1 Å². The Kier molecular flexibility index (Phi) is 7.23. The molecule has 2 aliphatic rings. The van der Waals surface area contributed by atoms with E-state index in [0.29, 0.717) is 31.3 Å². The molecule has 0 radical (unpaired) electrons. The fourth-order valence-corrected chi connectivity index (χ4v) is 3.79. The minimum absolute atomic E-state index is 0.133. The molecule has 0 saturated carbocycles. The van der Waals surface area contributed by atoms with Gasteiger partial charge in [-0.15, -0.1) is 0 Å². The third-order valence-electron chi connectivity index (χ3n) is 5.94. The highest BCUT2D eigenvalue weighted by Gasteiger charge is 2.45. The van der Waals surface area contributed by atoms with Crippen molar-refractivity contribution in [3.8, 4) is 0 Å². The minimum atomic E-state index is -1.08. The number of ether oxygens (including phenoxy) is 2. The zero-order valence-electron chi connectivity index (χ0n) is 17.2. The van der Waals surface area contributed by atoms with Gasteiger partial charge in [0.25, 0.3) is 0 Å². The SMILES string of the molecule is C=C1C(=O)O[C@@]2(C)CC[C@H]1C[C@@H](O)/C(C)=C/C/C=C(\C)[C@H](O)C[C@H]2OC(C)=O. The van der Waals surface area contributed by atoms with Crippen molar-refractivity contribution in [2.75, 3.05) is 0 Å². The molecule has 1 saturated heterocycles. The quantitative estimate of drug-likeness (QED) is 0.405. The van der Waals surface area contributed by atoms with Gasteiger partial charge in [0.05, 0.1) is 12.2 Å². The van der Waals surface area contributed by atoms with Gasteiger partial charge in [-0.1, -0.05) is 18.7 Å². The molecular formula is C22H32O6. The first-order valence-electron chi connectivity index (χ1n) is 9.82. The molecule has 2 N–H and O–H groups in total. The Bertz CT molecular complexity index is 691. The molecule has 1 heterocycles. The number of aliphatic hydroxyl groups excluding tert-OH is 2. The van der Waals surface area contributed by atoms with Crippen LogP contribution < -0.4 is 0 Å². The van der Waals surface area contributed by atoms with Gasteiger partial charge in [0, 0.05) is 18.9 Å². The molecule has 6 nitrogen and oxygen atoms in total. The van der Waals surface area contributed by atoms with Gasteiger partial charge in [0.1, 0.15) is 11.7 Å². The molecule has 156 valence electrons. The van der Waals surface area contributed by atoms with Gasteiger partial charge >= 0.3 is 11.9 Å². The van der Waals surface area contributed by atoms with E-state index in [-0.39, 0.29) is 12.3 Å². The fraction of sp³-hybridized carbons (Fsp3) is 0.636. The zero-order chi connectivity index (χ0) is 21.1. The molecule has 28 heavy (non-hydrogen) atoms. The summed E-state index contributed by atoms with van der Waals surface area (Å²) in [5.74, 6) is -1.27. The van der Waals surface area contributed by atoms with E-state index in [1.165, 1.54) is 6.92 Å². The van der Waals surface area contributed by atoms with E-state index in [2.05, 4.69) is 6.58 Å². The van der Waals surface area contributed by atoms with Crippen molar-refractivity contribution in [1.82, 2.24) is 0 Å². The normalized spacial score (nSPS) is 38.9. The summed E-state index contributed by atoms with van der Waals surface area (Å²) in [6, 6.07) is 0. The number of fused-ring (bicyclic) bond motifs is 3. The number of carbonyl (C=O) groups excluding carboxylic acids is 2. The second-order valence-electron chi connectivity index (χ2n) is 8.20. The minimum Gasteiger partial charge on any atom is -0.458 e. The molecule has 1 aliphatic carbocycles. The van der Waals surface area contributed by atoms with Crippen molar-refractivity contribution in [3.05, 3.63) is 35.5 Å². The van der Waals surface area contributed by atoms with Crippen LogP contribution in [0.3, 0.4) is 0 Å². The van der Waals surface area contributed by atoms with Gasteiger partial charge in [0.15, 0.2) is 0 Å². The molecule has 6 heteroatoms. The highest BCUT2D eigenvalue weighted by molar-refractivity contribution is 5.89. The molecule has 2 bridgehead atoms. The Labute approximate surface area is 166 Å². The maximum absolute atomic E-state index is 12.7. The van der Waals surface area contributed by atoms with Crippen LogP contribution in [0.2, 0.25) is 0 Å². The van der Waals surface area contributed by atoms with E-state index in [0.717, 1.165) is 11.1 Å². The third kappa shape index (κ3) is 5.32. The van der Waals surface area contributed by atoms with E-state index in [1.807, 2.05) is 19.1 Å². The Hall–Kier alpha value is -1.92. The summed E-state index contributed by atoms with van der Waals surface area (Å²) < 4.78 is 11.2. The van der Waals surface area contributed by atoms with E-state index in [4.69, 9.17) is 9.47 Å². The van der Waals surface area contributed by atoms with Crippen LogP contribution in [0.4, 0.5) is 0 Å². The van der Waals surface area contributed by atoms with Crippen LogP contribution >= 0.6 is 0 Å². The van der Waals surface area contributed by atoms with Gasteiger partial charge in [-0.05, 0) is 63.5 Å². The number of carbonyl (C=O) groups is 2. The first kappa shape index (κ1) is 22.4. The molecule has 2 rings (SSSR count). The Morgan fingerprint density at radius 1 is 1.21 bits per heavy atom. The van der Waals surface area contributed by atoms with Gasteiger partial charge < -0.3 is 19.7 Å². The van der Waals surface area contributed by atoms with Gasteiger partial charge in [-0.3, -0.25) is 4.79 Å². The standard InChI is InChI=1S/C22H32O6/c1-13-7-6-8-14(2)19(25)12-20(27-16(4)23)22(5)10-9-17(11-18(13)24)15(3)21(26)28-22/h7-8,17-20,24-25H,3,6,9-12H2,1-2,4-5H3/b13-7+,14-8+/t17-,18+,19+,20+,22-/m0/s1. The molecule has 0 aromatic heterocycles. The number of aliphatic hydroxyl groups is 2. The lowest BCUT2D eigenvalue weighted by Gasteiger charge is -2.36. The molecule has 0 aromatic carbocycles. The number of rotatable bonds is 1. The van der Waals surface area contributed by atoms with E-state index in [1.54, 1.807) is 13.8 Å². The summed E-state index contributed by atoms with van der Waals surface area (Å²) in [6.07, 6.45) is 3.57. The second kappa shape index (κ2) is 9.05. The molecule has 1 fully saturated rings. The second-order valence-corrected chi connectivity index (χ2v) is 8.20. The zero-order valence-corrected chi connectivity index (χ0v) is 17.2. The van der Waals surface area contributed by atoms with Crippen molar-refractivity contribution < 1.29 is 29.3 Å². The predicted molar refractivity (Wildman–Crippen MR) is 105 cm³/mol. The average molecular weight is 392 g/mol. The lowest BCUT2D eigenvalue weighted by molar-refractivity contribution is -0.182. The fourth-order valence-electron chi connectivity index (χ4n) is 3.79. The molecule has 0 aromatic rings. The van der Waals surface area contributed by atoms with Gasteiger partial charge in [-0.2, -0.15) is 0 Å². The maximum atomic E-state index is 12.7. The lowest BCUT2D eigenvalue weighted by Crippen LogP contribution is -2.47. The smallest absolute Gasteiger partial charge is 0.334 e. The molecule has 0 unspecified atom stereocenters. The highest BCUT2D eigenvalue weighted by atomic mass is 16.6. The van der Waals surface area contributed by atoms with E-state index >= 15 is 0 Å². The Balaban J connectivity index is 2.47. The molecule has 5 atom stereocenters. The Morgan fingerprint density at radius 3 is 2.36 bits per heavy atom. The predicted octanol–water partition coefficient (Wildman–Crippen LogP) is 2.98. The molecule has 1 aliphatic heterocycles. The van der Waals surface area contributed by atoms with Crippen LogP contribution in [0.15, 0.2) is 35.5 Å². The Morgan fingerprint density at radius 2 is 1.79 bits per heavy atom. The van der Waals surface area contributed by atoms with Crippen LogP contribution in [0.25, 0.3) is 0 Å². The van der Waals surface area contributed by atoms with Crippen LogP contribution in [0.5, 0.6) is 0 Å². The van der Waals surface area contributed by atoms with Crippen LogP contribution in [0, 0.1) is 5.92 Å². The summed E-state index contributed by atoms with van der Waals surface area (Å²) in [7, 11) is 0. The van der Waals surface area contributed by atoms with E-state index < -0.39 is 35.9 Å². The maximum Gasteiger partial charge on any atom is 0.334 e. The first-order chi connectivity index (χ1) is 13.0. The summed E-state index contributed by atoms with van der Waals surface area (Å²) in [4.78, 5) is 24.3. The molecular weight excluding hydrogens is 360 g/mol. The summed E-state index contributed by atoms with van der Waals surface area (Å²) in [5, 5.41) is 21.2. The highest BCUT2D eigenvalue weighted by Crippen LogP contribution is 2.38. The summed E-state index contributed by atoms with van der Waals surface area (Å²) >= 11 is 0. The first-order valence-corrected chi connectivity index (χ1v) is 9.82. The summed E-state index contributed by atoms with van der Waals surface area (Å²) in [6.45, 7) is 10.6. The summed E-state index contributed by atoms with van der Waals surface area (Å²) in [5.41, 5.74) is 0.795. The van der Waals surface area contributed by atoms with Crippen molar-refractivity contribution >= 4 is 11.9 Å². The van der Waals surface area contributed by atoms with Crippen molar-refractivity contribution in [1.29, 1.82) is 0 Å². The van der Waals surface area contributed by atoms with Crippen molar-refractivity contribution in [2.45, 2.75) is 83.7 Å². The van der Waals surface area contributed by atoms with Crippen LogP contribution in [0.1, 0.15) is 59.8 Å². The van der Waals surface area contributed by atoms with Gasteiger partial charge in [0.2, 0.25) is 0 Å². The van der Waals surface area contributed by atoms with Gasteiger partial charge in [-0.25, -0.2) is 4.79 Å². The van der Waals surface area contributed by atoms with Crippen LogP contribution in [-0.2, 0) is 19.1 Å². The topological polar surface area (TPSA) is 93.1 Å². The monoisotopic (exact) mass is 392 g/mol. The largest absolute Gasteiger partial charge is 0.458 e. The van der Waals surface area contributed by atoms with Crippen molar-refractivity contribution in [2.24, 2.45) is 5.92 Å². The number of hydrogen-bond acceptors (Lipinski definition) is 6. The average Bonchev–Trinajstić information content (AvgIpc) is 2.71. The lowest BCUT2D eigenvalue weighted by atomic mass is 9.82. The molecule has 0 amide bonds. The third-order valence-corrected chi connectivity index (χ3v) is 5.94. The van der Waals surface area contributed by atoms with E-state index in [9.17, 15) is 19.8 Å². The van der Waals surface area contributed by atoms with Crippen molar-refractivity contribution in [3.63, 3.8) is 0 Å².